The van der Waals surface area contributed by atoms with Crippen LogP contribution in [0.25, 0.3) is 0 Å². The molecule has 0 fully saturated rings. The van der Waals surface area contributed by atoms with Gasteiger partial charge in [0.1, 0.15) is 54.1 Å². The van der Waals surface area contributed by atoms with Gasteiger partial charge in [-0.2, -0.15) is 0 Å². The van der Waals surface area contributed by atoms with E-state index in [1.54, 1.807) is 41.5 Å². The number of unbranched alkanes of at least 4 members (excludes halogenated alkanes) is 1. The molecule has 24 heteroatoms. The van der Waals surface area contributed by atoms with Crippen molar-refractivity contribution in [1.82, 2.24) is 37.2 Å². The maximum Gasteiger partial charge on any atom is 0.326 e. The van der Waals surface area contributed by atoms with Gasteiger partial charge in [-0.25, -0.2) is 4.79 Å². The zero-order valence-corrected chi connectivity index (χ0v) is 40.4. The van der Waals surface area contributed by atoms with E-state index in [1.807, 2.05) is 0 Å². The highest BCUT2D eigenvalue weighted by atomic mass is 16.4. The van der Waals surface area contributed by atoms with Gasteiger partial charge in [-0.05, 0) is 87.4 Å². The van der Waals surface area contributed by atoms with E-state index in [-0.39, 0.29) is 49.8 Å². The molecule has 0 aliphatic carbocycles. The van der Waals surface area contributed by atoms with Gasteiger partial charge < -0.3 is 74.8 Å². The largest absolute Gasteiger partial charge is 0.508 e. The lowest BCUT2D eigenvalue weighted by atomic mass is 9.98. The van der Waals surface area contributed by atoms with Gasteiger partial charge in [-0.3, -0.25) is 43.2 Å². The molecule has 0 spiro atoms. The average Bonchev–Trinajstić information content (AvgIpc) is 3.24. The number of phenolic OH excluding ortho intramolecular Hbond substituents is 1. The molecular formula is C45H74N10O14. The minimum atomic E-state index is -1.72. The highest BCUT2D eigenvalue weighted by Crippen LogP contribution is 2.15. The van der Waals surface area contributed by atoms with Crippen molar-refractivity contribution in [2.45, 2.75) is 161 Å². The molecule has 1 aromatic rings. The van der Waals surface area contributed by atoms with Crippen LogP contribution >= 0.6 is 0 Å². The molecule has 1 aromatic carbocycles. The fourth-order valence-corrected chi connectivity index (χ4v) is 6.81. The molecule has 9 atom stereocenters. The zero-order chi connectivity index (χ0) is 52.7. The maximum absolute atomic E-state index is 14.0. The van der Waals surface area contributed by atoms with E-state index in [9.17, 15) is 68.4 Å². The second kappa shape index (κ2) is 30.2. The van der Waals surface area contributed by atoms with Crippen LogP contribution in [0.4, 0.5) is 0 Å². The van der Waals surface area contributed by atoms with Crippen molar-refractivity contribution >= 4 is 59.2 Å². The summed E-state index contributed by atoms with van der Waals surface area (Å²) in [5.41, 5.74) is 17.3. The molecule has 388 valence electrons. The van der Waals surface area contributed by atoms with Crippen molar-refractivity contribution in [2.24, 2.45) is 35.0 Å². The van der Waals surface area contributed by atoms with Crippen LogP contribution in [-0.2, 0) is 54.4 Å². The number of carboxylic acids is 2. The predicted octanol–water partition coefficient (Wildman–Crippen LogP) is -2.26. The Kier molecular flexibility index (Phi) is 26.5. The molecule has 17 N–H and O–H groups in total. The van der Waals surface area contributed by atoms with E-state index in [4.69, 9.17) is 17.2 Å². The first-order valence-corrected chi connectivity index (χ1v) is 22.9. The number of nitrogens with one attached hydrogen (secondary N) is 7. The summed E-state index contributed by atoms with van der Waals surface area (Å²) in [6.07, 6.45) is -2.51. The number of carboxylic acid groups (broad SMARTS) is 2. The molecule has 0 radical (unpaired) electrons. The standard InChI is InChI=1S/C45H74N10O14/c1-22(2)18-30(39(62)49-28(15-16-35(59)60)38(61)50-29(45(68)69)10-8-9-17-46)51-41(64)33(21-34(47)58)52-40(63)31(19-23(3)4)54-44(67)37(24(5)6)55-42(65)32(53-43(66)36(48)25(7)56)20-26-11-13-27(57)14-12-26/h11-14,22-25,28-33,36-37,56-57H,8-10,15-21,46,48H2,1-7H3,(H2,47,58)(H,49,62)(H,50,61)(H,51,64)(H,52,63)(H,53,66)(H,54,67)(H,55,65)(H,59,60)(H,68,69)/t25-,28+,29+,30+,31+,32+,33+,36+,37+/m1/s1. The van der Waals surface area contributed by atoms with Crippen LogP contribution in [0.3, 0.4) is 0 Å². The highest BCUT2D eigenvalue weighted by molar-refractivity contribution is 5.99. The van der Waals surface area contributed by atoms with Crippen molar-refractivity contribution in [2.75, 3.05) is 6.54 Å². The van der Waals surface area contributed by atoms with E-state index < -0.39 is 139 Å². The number of aliphatic hydroxyl groups excluding tert-OH is 1. The third-order valence-electron chi connectivity index (χ3n) is 10.6. The molecule has 0 saturated carbocycles. The summed E-state index contributed by atoms with van der Waals surface area (Å²) in [4.78, 5) is 131. The predicted molar refractivity (Wildman–Crippen MR) is 250 cm³/mol. The monoisotopic (exact) mass is 979 g/mol. The number of phenols is 1. The molecule has 0 saturated heterocycles. The maximum atomic E-state index is 14.0. The number of aromatic hydroxyl groups is 1. The number of primary amides is 1. The normalized spacial score (nSPS) is 15.2. The number of amides is 8. The molecule has 0 heterocycles. The number of benzene rings is 1. The Morgan fingerprint density at radius 1 is 0.565 bits per heavy atom. The first-order valence-electron chi connectivity index (χ1n) is 22.9. The summed E-state index contributed by atoms with van der Waals surface area (Å²) in [5, 5.41) is 56.0. The molecule has 69 heavy (non-hydrogen) atoms. The number of carbonyl (C=O) groups is 10. The van der Waals surface area contributed by atoms with E-state index in [2.05, 4.69) is 37.2 Å². The highest BCUT2D eigenvalue weighted by Gasteiger charge is 2.36. The molecule has 1 rings (SSSR count). The van der Waals surface area contributed by atoms with Crippen molar-refractivity contribution in [3.05, 3.63) is 29.8 Å². The summed E-state index contributed by atoms with van der Waals surface area (Å²) in [7, 11) is 0. The summed E-state index contributed by atoms with van der Waals surface area (Å²) in [6, 6.07) is -5.80. The molecule has 0 bridgehead atoms. The summed E-state index contributed by atoms with van der Waals surface area (Å²) in [5.74, 6) is -11.5. The summed E-state index contributed by atoms with van der Waals surface area (Å²) >= 11 is 0. The van der Waals surface area contributed by atoms with Crippen LogP contribution in [0.15, 0.2) is 24.3 Å². The Labute approximate surface area is 401 Å². The first-order chi connectivity index (χ1) is 32.2. The Hall–Kier alpha value is -6.40. The number of hydrogen-bond donors (Lipinski definition) is 14. The van der Waals surface area contributed by atoms with Crippen molar-refractivity contribution in [3.63, 3.8) is 0 Å². The van der Waals surface area contributed by atoms with Gasteiger partial charge in [0.2, 0.25) is 47.3 Å². The van der Waals surface area contributed by atoms with Gasteiger partial charge in [0, 0.05) is 12.8 Å². The van der Waals surface area contributed by atoms with Gasteiger partial charge in [-0.1, -0.05) is 53.7 Å². The lowest BCUT2D eigenvalue weighted by molar-refractivity contribution is -0.143. The van der Waals surface area contributed by atoms with Crippen LogP contribution in [-0.4, -0.2) is 141 Å². The van der Waals surface area contributed by atoms with Crippen LogP contribution in [0.5, 0.6) is 5.75 Å². The fraction of sp³-hybridized carbons (Fsp3) is 0.644. The quantitative estimate of drug-likeness (QED) is 0.0339. The van der Waals surface area contributed by atoms with E-state index in [0.29, 0.717) is 18.4 Å². The lowest BCUT2D eigenvalue weighted by Gasteiger charge is -2.29. The molecule has 24 nitrogen and oxygen atoms in total. The van der Waals surface area contributed by atoms with Crippen LogP contribution in [0, 0.1) is 17.8 Å². The Morgan fingerprint density at radius 3 is 1.48 bits per heavy atom. The molecule has 8 amide bonds. The average molecular weight is 979 g/mol. The number of nitrogens with two attached hydrogens (primary N) is 3. The Balaban J connectivity index is 3.43. The fourth-order valence-electron chi connectivity index (χ4n) is 6.81. The Bertz CT molecular complexity index is 1910. The number of aliphatic carboxylic acids is 2. The summed E-state index contributed by atoms with van der Waals surface area (Å²) < 4.78 is 0. The topological polar surface area (TPSA) is 414 Å². The van der Waals surface area contributed by atoms with Gasteiger partial charge >= 0.3 is 11.9 Å². The van der Waals surface area contributed by atoms with E-state index in [1.165, 1.54) is 31.2 Å². The molecular weight excluding hydrogens is 905 g/mol. The van der Waals surface area contributed by atoms with Gasteiger partial charge in [0.15, 0.2) is 0 Å². The number of rotatable bonds is 32. The number of carbonyl (C=O) groups excluding carboxylic acids is 8. The minimum absolute atomic E-state index is 0.0000530. The lowest BCUT2D eigenvalue weighted by Crippen LogP contribution is -2.61. The van der Waals surface area contributed by atoms with Crippen molar-refractivity contribution in [1.29, 1.82) is 0 Å². The number of hydrogen-bond acceptors (Lipinski definition) is 14. The SMILES string of the molecule is CC(C)C[C@H](NC(=O)[C@H](CC(N)=O)NC(=O)[C@H](CC(C)C)NC(=O)[C@@H](NC(=O)[C@H](Cc1ccc(O)cc1)NC(=O)[C@@H](N)[C@@H](C)O)C(C)C)C(=O)N[C@@H](CCC(=O)O)C(=O)N[C@@H](CCCCN)C(=O)O. The molecule has 0 unspecified atom stereocenters. The Morgan fingerprint density at radius 2 is 1.01 bits per heavy atom. The molecule has 0 aliphatic rings. The second-order valence-corrected chi connectivity index (χ2v) is 18.2. The van der Waals surface area contributed by atoms with Gasteiger partial charge in [0.05, 0.1) is 12.5 Å². The zero-order valence-electron chi connectivity index (χ0n) is 40.4. The van der Waals surface area contributed by atoms with E-state index in [0.717, 1.165) is 0 Å². The van der Waals surface area contributed by atoms with Crippen LogP contribution < -0.4 is 54.4 Å². The first kappa shape index (κ1) is 60.6. The smallest absolute Gasteiger partial charge is 0.326 e. The molecule has 0 aromatic heterocycles. The van der Waals surface area contributed by atoms with E-state index >= 15 is 0 Å². The van der Waals surface area contributed by atoms with Gasteiger partial charge in [-0.15, -0.1) is 0 Å². The molecule has 0 aliphatic heterocycles. The second-order valence-electron chi connectivity index (χ2n) is 18.2. The van der Waals surface area contributed by atoms with Crippen molar-refractivity contribution < 1.29 is 68.4 Å². The third-order valence-corrected chi connectivity index (χ3v) is 10.6. The van der Waals surface area contributed by atoms with Gasteiger partial charge in [0.25, 0.3) is 0 Å². The van der Waals surface area contributed by atoms with Crippen molar-refractivity contribution in [3.8, 4) is 5.75 Å². The van der Waals surface area contributed by atoms with Crippen LogP contribution in [0.1, 0.15) is 105 Å². The minimum Gasteiger partial charge on any atom is -0.508 e. The number of aliphatic hydroxyl groups is 1. The third kappa shape index (κ3) is 23.0. The summed E-state index contributed by atoms with van der Waals surface area (Å²) in [6.45, 7) is 11.6. The van der Waals surface area contributed by atoms with Crippen LogP contribution in [0.2, 0.25) is 0 Å².